The first kappa shape index (κ1) is 90.7. The molecule has 656 valence electrons. The maximum Gasteiger partial charge on any atom is 0.280 e. The van der Waals surface area contributed by atoms with E-state index in [1.54, 1.807) is 0 Å². The van der Waals surface area contributed by atoms with Crippen molar-refractivity contribution in [2.45, 2.75) is 320 Å². The van der Waals surface area contributed by atoms with Crippen molar-refractivity contribution < 1.29 is 38.7 Å². The number of pyridine rings is 8. The lowest BCUT2D eigenvalue weighted by atomic mass is 9.89. The van der Waals surface area contributed by atoms with E-state index in [9.17, 15) is 0 Å². The quantitative estimate of drug-likeness (QED) is 0.0494. The van der Waals surface area contributed by atoms with Crippen LogP contribution in [0.3, 0.4) is 0 Å². The van der Waals surface area contributed by atoms with E-state index in [-0.39, 0.29) is 27.2 Å². The third kappa shape index (κ3) is 19.7. The molecule has 0 spiro atoms. The maximum atomic E-state index is 5.48. The van der Waals surface area contributed by atoms with Crippen LogP contribution in [0.5, 0.6) is 0 Å². The highest BCUT2D eigenvalue weighted by atomic mass is 16.8. The molecule has 0 saturated carbocycles. The SMILES string of the molecule is Cc1nc2c(c(C)c1C)CCC/C2=N/OCO/N=C1/CCCc2c1nc(C)c(C)c2C.Cc1nc2c(c(C)c1C)CCC/C2=N/OCO/N=C1\CCCc2c1nc(C)c(C)c2C.Cc1nc2c(c(C)c1C)CCC/C2=N/OCO/N=C1\CCCc2c1nc(C)c(C)c2C.Cc1nc2c(c(C)c1C)CCC/C2=N\OCO/N=C1\CCCc2c1nc(C)c(C)c2C. The second-order valence-corrected chi connectivity index (χ2v) is 34.8. The Hall–Kier alpha value is -11.0. The molecule has 0 saturated heterocycles. The van der Waals surface area contributed by atoms with Crippen molar-refractivity contribution in [3.63, 3.8) is 0 Å². The molecule has 0 aliphatic heterocycles. The first-order valence-electron chi connectivity index (χ1n) is 44.8. The summed E-state index contributed by atoms with van der Waals surface area (Å²) in [4.78, 5) is 82.2. The number of fused-ring (bicyclic) bond motifs is 8. The Labute approximate surface area is 733 Å². The first-order valence-corrected chi connectivity index (χ1v) is 44.8. The van der Waals surface area contributed by atoms with E-state index >= 15 is 0 Å². The number of rotatable bonds is 16. The van der Waals surface area contributed by atoms with Gasteiger partial charge in [-0.25, -0.2) is 0 Å². The number of aromatic nitrogens is 8. The summed E-state index contributed by atoms with van der Waals surface area (Å²) in [5.74, 6) is 0. The van der Waals surface area contributed by atoms with Crippen molar-refractivity contribution in [1.29, 1.82) is 0 Å². The van der Waals surface area contributed by atoms with Gasteiger partial charge in [-0.15, -0.1) is 0 Å². The maximum absolute atomic E-state index is 5.48. The smallest absolute Gasteiger partial charge is 0.280 e. The zero-order valence-corrected chi connectivity index (χ0v) is 78.2. The normalized spacial score (nSPS) is 18.1. The van der Waals surface area contributed by atoms with Crippen LogP contribution in [0.15, 0.2) is 41.2 Å². The molecule has 8 aromatic rings. The van der Waals surface area contributed by atoms with Gasteiger partial charge in [-0.3, -0.25) is 39.9 Å². The van der Waals surface area contributed by atoms with Crippen molar-refractivity contribution in [2.75, 3.05) is 27.2 Å². The van der Waals surface area contributed by atoms with Gasteiger partial charge >= 0.3 is 0 Å². The predicted molar refractivity (Wildman–Crippen MR) is 492 cm³/mol. The van der Waals surface area contributed by atoms with Gasteiger partial charge in [0.1, 0.15) is 45.7 Å². The summed E-state index contributed by atoms with van der Waals surface area (Å²) in [5, 5.41) is 34.8. The zero-order valence-electron chi connectivity index (χ0n) is 78.2. The van der Waals surface area contributed by atoms with Gasteiger partial charge in [0.15, 0.2) is 0 Å². The van der Waals surface area contributed by atoms with E-state index in [1.165, 1.54) is 134 Å². The fourth-order valence-electron chi connectivity index (χ4n) is 18.4. The molecule has 0 bridgehead atoms. The number of oxime groups is 8. The molecule has 0 atom stereocenters. The monoisotopic (exact) mass is 1680 g/mol. The summed E-state index contributed by atoms with van der Waals surface area (Å²) < 4.78 is 0. The van der Waals surface area contributed by atoms with Gasteiger partial charge in [0.05, 0.1) is 45.6 Å². The molecule has 24 nitrogen and oxygen atoms in total. The van der Waals surface area contributed by atoms with E-state index < -0.39 is 0 Å². The molecule has 0 N–H and O–H groups in total. The summed E-state index contributed by atoms with van der Waals surface area (Å²) in [6.07, 6.45) is 23.8. The van der Waals surface area contributed by atoms with Crippen molar-refractivity contribution in [1.82, 2.24) is 39.9 Å². The fourth-order valence-corrected chi connectivity index (χ4v) is 18.4. The van der Waals surface area contributed by atoms with Crippen LogP contribution in [0.4, 0.5) is 0 Å². The van der Waals surface area contributed by atoms with Crippen LogP contribution < -0.4 is 0 Å². The Bertz CT molecular complexity index is 4690. The minimum atomic E-state index is -0.0225. The van der Waals surface area contributed by atoms with Crippen LogP contribution in [0.1, 0.15) is 327 Å². The molecule has 24 heteroatoms. The van der Waals surface area contributed by atoms with Gasteiger partial charge in [0.25, 0.3) is 27.2 Å². The molecule has 8 aromatic heterocycles. The number of hydrogen-bond acceptors (Lipinski definition) is 24. The predicted octanol–water partition coefficient (Wildman–Crippen LogP) is 20.4. The van der Waals surface area contributed by atoms with Gasteiger partial charge in [-0.1, -0.05) is 41.2 Å². The third-order valence-electron chi connectivity index (χ3n) is 27.7. The number of hydrogen-bond donors (Lipinski definition) is 0. The topological polar surface area (TPSA) is 276 Å². The average molecular weight is 1680 g/mol. The van der Waals surface area contributed by atoms with Crippen LogP contribution in [-0.4, -0.2) is 113 Å². The second-order valence-electron chi connectivity index (χ2n) is 34.8. The summed E-state index contributed by atoms with van der Waals surface area (Å²) >= 11 is 0. The lowest BCUT2D eigenvalue weighted by molar-refractivity contribution is -0.0510. The van der Waals surface area contributed by atoms with Crippen molar-refractivity contribution in [3.05, 3.63) is 225 Å². The van der Waals surface area contributed by atoms with Crippen molar-refractivity contribution in [3.8, 4) is 0 Å². The van der Waals surface area contributed by atoms with Gasteiger partial charge in [-0.2, -0.15) is 0 Å². The molecule has 16 rings (SSSR count). The minimum Gasteiger partial charge on any atom is -0.351 e. The average Bonchev–Trinajstić information content (AvgIpc) is 0.827. The van der Waals surface area contributed by atoms with Gasteiger partial charge in [0, 0.05) is 45.6 Å². The van der Waals surface area contributed by atoms with E-state index in [0.29, 0.717) is 0 Å². The van der Waals surface area contributed by atoms with Gasteiger partial charge < -0.3 is 38.7 Å². The number of aryl methyl sites for hydroxylation is 8. The van der Waals surface area contributed by atoms with Crippen molar-refractivity contribution >= 4 is 45.7 Å². The standard InChI is InChI=1S/4C25H32N4O2/c4*1-14-16(3)20-9-7-11-22(24(20)26-18(14)5)28-30-13-31-29-23-12-8-10-21-17(4)15(2)19(6)27-25(21)23/h4*7-13H2,1-6H3/b28-22+,29-23+;2*28-22-,29-23+;28-22-,29-23-. The van der Waals surface area contributed by atoms with E-state index in [4.69, 9.17) is 78.6 Å². The lowest BCUT2D eigenvalue weighted by Gasteiger charge is -2.21. The van der Waals surface area contributed by atoms with Crippen LogP contribution in [0.25, 0.3) is 0 Å². The third-order valence-corrected chi connectivity index (χ3v) is 27.7. The highest BCUT2D eigenvalue weighted by Crippen LogP contribution is 2.36. The molecule has 0 aromatic carbocycles. The van der Waals surface area contributed by atoms with Crippen LogP contribution >= 0.6 is 0 Å². The lowest BCUT2D eigenvalue weighted by Crippen LogP contribution is -2.18. The van der Waals surface area contributed by atoms with Crippen molar-refractivity contribution in [2.24, 2.45) is 41.2 Å². The first-order chi connectivity index (χ1) is 59.5. The largest absolute Gasteiger partial charge is 0.351 e. The molecule has 0 radical (unpaired) electrons. The zero-order chi connectivity index (χ0) is 88.5. The Morgan fingerprint density at radius 3 is 0.363 bits per heavy atom. The van der Waals surface area contributed by atoms with Crippen LogP contribution in [0.2, 0.25) is 0 Å². The Morgan fingerprint density at radius 2 is 0.258 bits per heavy atom. The van der Waals surface area contributed by atoms with Gasteiger partial charge in [0.2, 0.25) is 0 Å². The molecule has 8 aliphatic rings. The van der Waals surface area contributed by atoms with E-state index in [0.717, 1.165) is 291 Å². The highest BCUT2D eigenvalue weighted by Gasteiger charge is 2.31. The summed E-state index contributed by atoms with van der Waals surface area (Å²) in [5.41, 5.74) is 54.5. The summed E-state index contributed by atoms with van der Waals surface area (Å²) in [6, 6.07) is 0. The molecule has 124 heavy (non-hydrogen) atoms. The minimum absolute atomic E-state index is 0.0225. The van der Waals surface area contributed by atoms with Gasteiger partial charge in [-0.05, 0) is 454 Å². The Balaban J connectivity index is 0.000000142. The Kier molecular flexibility index (Phi) is 29.5. The van der Waals surface area contributed by atoms with E-state index in [2.05, 4.69) is 207 Å². The Morgan fingerprint density at radius 1 is 0.153 bits per heavy atom. The second kappa shape index (κ2) is 40.3. The molecule has 0 unspecified atom stereocenters. The number of nitrogens with zero attached hydrogens (tertiary/aromatic N) is 16. The molecular formula is C100H128N16O8. The molecule has 8 heterocycles. The summed E-state index contributed by atoms with van der Waals surface area (Å²) in [7, 11) is 0. The van der Waals surface area contributed by atoms with Crippen LogP contribution in [0, 0.1) is 166 Å². The molecule has 0 amide bonds. The van der Waals surface area contributed by atoms with Crippen LogP contribution in [-0.2, 0) is 90.1 Å². The fraction of sp³-hybridized carbons (Fsp3) is 0.520. The molecule has 0 fully saturated rings. The molecular weight excluding hydrogens is 1550 g/mol. The molecule has 8 aliphatic carbocycles. The highest BCUT2D eigenvalue weighted by molar-refractivity contribution is 6.05. The van der Waals surface area contributed by atoms with E-state index in [1.807, 2.05) is 0 Å². The summed E-state index contributed by atoms with van der Waals surface area (Å²) in [6.45, 7) is 50.8.